The van der Waals surface area contributed by atoms with Crippen LogP contribution in [0.15, 0.2) is 18.3 Å². The lowest BCUT2D eigenvalue weighted by atomic mass is 10.3. The Kier molecular flexibility index (Phi) is 3.44. The van der Waals surface area contributed by atoms with E-state index in [1.54, 1.807) is 6.20 Å². The van der Waals surface area contributed by atoms with Gasteiger partial charge in [0.1, 0.15) is 6.10 Å². The fraction of sp³-hybridized carbons (Fsp3) is 0.545. The minimum Gasteiger partial charge on any atom is -0.473 e. The van der Waals surface area contributed by atoms with Gasteiger partial charge in [0.2, 0.25) is 5.88 Å². The number of rotatable bonds is 3. The first-order valence-corrected chi connectivity index (χ1v) is 5.68. The normalized spacial score (nSPS) is 21.9. The molecular weight excluding hydrogens is 212 g/mol. The van der Waals surface area contributed by atoms with Crippen LogP contribution < -0.4 is 4.74 Å². The predicted molar refractivity (Wildman–Crippen MR) is 60.3 cm³/mol. The van der Waals surface area contributed by atoms with Crippen LogP contribution in [0.3, 0.4) is 0 Å². The molecule has 1 aromatic heterocycles. The molecule has 0 aliphatic carbocycles. The monoisotopic (exact) mass is 226 g/mol. The van der Waals surface area contributed by atoms with E-state index in [0.717, 1.165) is 25.1 Å². The van der Waals surface area contributed by atoms with Crippen molar-refractivity contribution < 1.29 is 4.74 Å². The number of halogens is 1. The average Bonchev–Trinajstić information content (AvgIpc) is 2.65. The van der Waals surface area contributed by atoms with E-state index in [0.29, 0.717) is 11.8 Å². The molecule has 1 saturated heterocycles. The summed E-state index contributed by atoms with van der Waals surface area (Å²) in [5, 5.41) is 0. The molecule has 15 heavy (non-hydrogen) atoms. The van der Waals surface area contributed by atoms with Gasteiger partial charge in [-0.1, -0.05) is 6.07 Å². The van der Waals surface area contributed by atoms with E-state index in [9.17, 15) is 0 Å². The number of hydrogen-bond acceptors (Lipinski definition) is 3. The summed E-state index contributed by atoms with van der Waals surface area (Å²) >= 11 is 5.82. The first-order valence-electron chi connectivity index (χ1n) is 5.14. The molecule has 4 heteroatoms. The van der Waals surface area contributed by atoms with Crippen molar-refractivity contribution in [1.82, 2.24) is 9.88 Å². The van der Waals surface area contributed by atoms with Gasteiger partial charge in [0.15, 0.2) is 0 Å². The SMILES string of the molecule is CN1CCC(Oc2ncccc2CCl)C1. The molecule has 1 aromatic rings. The minimum absolute atomic E-state index is 0.256. The summed E-state index contributed by atoms with van der Waals surface area (Å²) < 4.78 is 5.83. The second-order valence-electron chi connectivity index (χ2n) is 3.89. The highest BCUT2D eigenvalue weighted by molar-refractivity contribution is 6.17. The quantitative estimate of drug-likeness (QED) is 0.737. The maximum absolute atomic E-state index is 5.83. The largest absolute Gasteiger partial charge is 0.473 e. The summed E-state index contributed by atoms with van der Waals surface area (Å²) in [6.45, 7) is 2.06. The Morgan fingerprint density at radius 2 is 2.53 bits per heavy atom. The van der Waals surface area contributed by atoms with Gasteiger partial charge in [0, 0.05) is 24.8 Å². The maximum atomic E-state index is 5.83. The Hall–Kier alpha value is -0.800. The maximum Gasteiger partial charge on any atom is 0.218 e. The topological polar surface area (TPSA) is 25.4 Å². The molecule has 2 heterocycles. The van der Waals surface area contributed by atoms with Gasteiger partial charge in [0.25, 0.3) is 0 Å². The molecule has 0 spiro atoms. The highest BCUT2D eigenvalue weighted by Crippen LogP contribution is 2.20. The van der Waals surface area contributed by atoms with Crippen molar-refractivity contribution in [3.63, 3.8) is 0 Å². The summed E-state index contributed by atoms with van der Waals surface area (Å²) in [7, 11) is 2.10. The van der Waals surface area contributed by atoms with Crippen LogP contribution in [-0.2, 0) is 5.88 Å². The highest BCUT2D eigenvalue weighted by atomic mass is 35.5. The molecule has 1 fully saturated rings. The number of ether oxygens (including phenoxy) is 1. The van der Waals surface area contributed by atoms with Crippen molar-refractivity contribution in [2.45, 2.75) is 18.4 Å². The first-order chi connectivity index (χ1) is 7.29. The Bertz CT molecular complexity index is 332. The lowest BCUT2D eigenvalue weighted by Crippen LogP contribution is -2.22. The molecule has 0 bridgehead atoms. The van der Waals surface area contributed by atoms with Crippen molar-refractivity contribution in [2.75, 3.05) is 20.1 Å². The zero-order valence-corrected chi connectivity index (χ0v) is 9.57. The third-order valence-corrected chi connectivity index (χ3v) is 2.91. The fourth-order valence-electron chi connectivity index (χ4n) is 1.78. The molecule has 1 unspecified atom stereocenters. The summed E-state index contributed by atoms with van der Waals surface area (Å²) in [4.78, 5) is 6.47. The van der Waals surface area contributed by atoms with Gasteiger partial charge in [-0.05, 0) is 19.5 Å². The van der Waals surface area contributed by atoms with E-state index >= 15 is 0 Å². The first kappa shape index (κ1) is 10.7. The lowest BCUT2D eigenvalue weighted by molar-refractivity contribution is 0.198. The Labute approximate surface area is 95.0 Å². The van der Waals surface area contributed by atoms with E-state index in [1.807, 2.05) is 12.1 Å². The smallest absolute Gasteiger partial charge is 0.218 e. The van der Waals surface area contributed by atoms with Crippen LogP contribution in [0.5, 0.6) is 5.88 Å². The second-order valence-corrected chi connectivity index (χ2v) is 4.16. The number of alkyl halides is 1. The molecule has 0 aromatic carbocycles. The zero-order valence-electron chi connectivity index (χ0n) is 8.82. The van der Waals surface area contributed by atoms with E-state index in [2.05, 4.69) is 16.9 Å². The van der Waals surface area contributed by atoms with Crippen molar-refractivity contribution in [3.8, 4) is 5.88 Å². The fourth-order valence-corrected chi connectivity index (χ4v) is 1.98. The zero-order chi connectivity index (χ0) is 10.7. The van der Waals surface area contributed by atoms with E-state index in [-0.39, 0.29) is 6.10 Å². The van der Waals surface area contributed by atoms with Crippen LogP contribution in [0.2, 0.25) is 0 Å². The Balaban J connectivity index is 2.04. The predicted octanol–water partition coefficient (Wildman–Crippen LogP) is 1.90. The van der Waals surface area contributed by atoms with Crippen molar-refractivity contribution >= 4 is 11.6 Å². The number of aromatic nitrogens is 1. The standard InChI is InChI=1S/C11H15ClN2O/c1-14-6-4-10(8-14)15-11-9(7-12)3-2-5-13-11/h2-3,5,10H,4,6-8H2,1H3. The molecule has 82 valence electrons. The molecule has 0 N–H and O–H groups in total. The van der Waals surface area contributed by atoms with Crippen LogP contribution in [-0.4, -0.2) is 36.1 Å². The number of nitrogens with zero attached hydrogens (tertiary/aromatic N) is 2. The van der Waals surface area contributed by atoms with Crippen LogP contribution in [0, 0.1) is 0 Å². The number of likely N-dealkylation sites (tertiary alicyclic amines) is 1. The molecule has 3 nitrogen and oxygen atoms in total. The van der Waals surface area contributed by atoms with Crippen LogP contribution in [0.25, 0.3) is 0 Å². The molecule has 0 radical (unpaired) electrons. The molecular formula is C11H15ClN2O. The van der Waals surface area contributed by atoms with Gasteiger partial charge >= 0.3 is 0 Å². The molecule has 1 atom stereocenters. The summed E-state index contributed by atoms with van der Waals surface area (Å²) in [5.41, 5.74) is 0.966. The van der Waals surface area contributed by atoms with Gasteiger partial charge in [0.05, 0.1) is 5.88 Å². The van der Waals surface area contributed by atoms with E-state index in [4.69, 9.17) is 16.3 Å². The molecule has 2 rings (SSSR count). The van der Waals surface area contributed by atoms with Crippen molar-refractivity contribution in [3.05, 3.63) is 23.9 Å². The van der Waals surface area contributed by atoms with Gasteiger partial charge < -0.3 is 9.64 Å². The third kappa shape index (κ3) is 2.61. The van der Waals surface area contributed by atoms with E-state index in [1.165, 1.54) is 0 Å². The van der Waals surface area contributed by atoms with Gasteiger partial charge in [-0.25, -0.2) is 4.98 Å². The lowest BCUT2D eigenvalue weighted by Gasteiger charge is -2.14. The Morgan fingerprint density at radius 3 is 3.20 bits per heavy atom. The van der Waals surface area contributed by atoms with Crippen LogP contribution in [0.4, 0.5) is 0 Å². The number of likely N-dealkylation sites (N-methyl/N-ethyl adjacent to an activating group) is 1. The third-order valence-electron chi connectivity index (χ3n) is 2.62. The number of pyridine rings is 1. The molecule has 0 saturated carbocycles. The molecule has 0 amide bonds. The van der Waals surface area contributed by atoms with Gasteiger partial charge in [-0.2, -0.15) is 0 Å². The van der Waals surface area contributed by atoms with E-state index < -0.39 is 0 Å². The molecule has 1 aliphatic heterocycles. The van der Waals surface area contributed by atoms with Crippen LogP contribution >= 0.6 is 11.6 Å². The molecule has 1 aliphatic rings. The van der Waals surface area contributed by atoms with Crippen molar-refractivity contribution in [2.24, 2.45) is 0 Å². The summed E-state index contributed by atoms with van der Waals surface area (Å²) in [6.07, 6.45) is 3.06. The van der Waals surface area contributed by atoms with Crippen molar-refractivity contribution in [1.29, 1.82) is 0 Å². The Morgan fingerprint density at radius 1 is 1.67 bits per heavy atom. The summed E-state index contributed by atoms with van der Waals surface area (Å²) in [6, 6.07) is 3.83. The minimum atomic E-state index is 0.256. The van der Waals surface area contributed by atoms with Gasteiger partial charge in [-0.15, -0.1) is 11.6 Å². The summed E-state index contributed by atoms with van der Waals surface area (Å²) in [5.74, 6) is 1.14. The second kappa shape index (κ2) is 4.81. The van der Waals surface area contributed by atoms with Gasteiger partial charge in [-0.3, -0.25) is 0 Å². The number of hydrogen-bond donors (Lipinski definition) is 0. The average molecular weight is 227 g/mol. The highest BCUT2D eigenvalue weighted by Gasteiger charge is 2.22. The van der Waals surface area contributed by atoms with Crippen LogP contribution in [0.1, 0.15) is 12.0 Å².